The van der Waals surface area contributed by atoms with Crippen LogP contribution in [-0.2, 0) is 0 Å². The number of phenolic OH excluding ortho intramolecular Hbond substituents is 1. The smallest absolute Gasteiger partial charge is 0.134 e. The lowest BCUT2D eigenvalue weighted by Gasteiger charge is -2.31. The number of hydrogen-bond donors (Lipinski definition) is 2. The van der Waals surface area contributed by atoms with E-state index in [2.05, 4.69) is 138 Å². The summed E-state index contributed by atoms with van der Waals surface area (Å²) in [5, 5.41) is 14.9. The molecule has 0 saturated heterocycles. The van der Waals surface area contributed by atoms with Crippen molar-refractivity contribution in [1.29, 1.82) is 0 Å². The fourth-order valence-electron chi connectivity index (χ4n) is 5.54. The van der Waals surface area contributed by atoms with Crippen LogP contribution in [0.2, 0.25) is 0 Å². The third kappa shape index (κ3) is 8.72. The second-order valence-electron chi connectivity index (χ2n) is 14.1. The van der Waals surface area contributed by atoms with Gasteiger partial charge < -0.3 is 14.9 Å². The molecule has 2 aromatic carbocycles. The Bertz CT molecular complexity index is 1040. The molecule has 0 heterocycles. The van der Waals surface area contributed by atoms with E-state index in [9.17, 15) is 5.11 Å². The Morgan fingerprint density at radius 1 is 0.632 bits per heavy atom. The number of benzene rings is 2. The highest BCUT2D eigenvalue weighted by Crippen LogP contribution is 2.50. The quantitative estimate of drug-likeness (QED) is 0.356. The van der Waals surface area contributed by atoms with Crippen LogP contribution in [0.5, 0.6) is 11.5 Å². The molecule has 0 amide bonds. The summed E-state index contributed by atoms with van der Waals surface area (Å²) in [6, 6.07) is 4.48. The average Bonchev–Trinajstić information content (AvgIpc) is 2.71. The maximum absolute atomic E-state index is 11.4. The normalized spacial score (nSPS) is 12.4. The van der Waals surface area contributed by atoms with Gasteiger partial charge in [-0.3, -0.25) is 0 Å². The summed E-state index contributed by atoms with van der Waals surface area (Å²) >= 11 is 0. The van der Waals surface area contributed by atoms with Gasteiger partial charge in [0, 0.05) is 22.2 Å². The predicted molar refractivity (Wildman–Crippen MR) is 172 cm³/mol. The van der Waals surface area contributed by atoms with Crippen molar-refractivity contribution in [3.05, 3.63) is 45.5 Å². The van der Waals surface area contributed by atoms with Crippen LogP contribution in [0.15, 0.2) is 12.1 Å². The molecule has 0 aliphatic rings. The van der Waals surface area contributed by atoms with E-state index in [-0.39, 0.29) is 17.0 Å². The molecule has 0 fully saturated rings. The largest absolute Gasteiger partial charge is 0.507 e. The van der Waals surface area contributed by atoms with Gasteiger partial charge in [0.25, 0.3) is 0 Å². The molecule has 4 heteroatoms. The van der Waals surface area contributed by atoms with Crippen molar-refractivity contribution >= 4 is 9.47 Å². The molecular formula is C34H58NO2P. The number of rotatable bonds is 6. The Labute approximate surface area is 237 Å². The van der Waals surface area contributed by atoms with Crippen molar-refractivity contribution in [2.45, 2.75) is 146 Å². The Morgan fingerprint density at radius 3 is 1.26 bits per heavy atom. The molecule has 1 atom stereocenters. The first-order valence-electron chi connectivity index (χ1n) is 14.3. The van der Waals surface area contributed by atoms with Crippen molar-refractivity contribution in [2.24, 2.45) is 0 Å². The summed E-state index contributed by atoms with van der Waals surface area (Å²) in [7, 11) is 2.43. The Kier molecular flexibility index (Phi) is 12.0. The fourth-order valence-corrected chi connectivity index (χ4v) is 5.79. The van der Waals surface area contributed by atoms with Gasteiger partial charge in [0.2, 0.25) is 0 Å². The van der Waals surface area contributed by atoms with Crippen molar-refractivity contribution in [3.8, 4) is 22.6 Å². The van der Waals surface area contributed by atoms with E-state index < -0.39 is 0 Å². The lowest BCUT2D eigenvalue weighted by atomic mass is 9.80. The fraction of sp³-hybridized carbons (Fsp3) is 0.647. The molecule has 0 saturated carbocycles. The second-order valence-corrected chi connectivity index (χ2v) is 14.4. The third-order valence-electron chi connectivity index (χ3n) is 6.84. The van der Waals surface area contributed by atoms with Crippen LogP contribution in [0.25, 0.3) is 11.1 Å². The molecule has 2 N–H and O–H groups in total. The molecule has 1 unspecified atom stereocenters. The van der Waals surface area contributed by atoms with Crippen LogP contribution in [0, 0.1) is 13.8 Å². The van der Waals surface area contributed by atoms with E-state index in [0.717, 1.165) is 28.0 Å². The topological polar surface area (TPSA) is 41.5 Å². The van der Waals surface area contributed by atoms with E-state index >= 15 is 0 Å². The van der Waals surface area contributed by atoms with E-state index in [0.29, 0.717) is 23.5 Å². The summed E-state index contributed by atoms with van der Waals surface area (Å²) in [6.45, 7) is 35.0. The molecule has 0 spiro atoms. The van der Waals surface area contributed by atoms with Gasteiger partial charge in [0.15, 0.2) is 0 Å². The molecule has 2 rings (SSSR count). The molecular weight excluding hydrogens is 485 g/mol. The summed E-state index contributed by atoms with van der Waals surface area (Å²) in [6.07, 6.45) is 0. The zero-order valence-corrected chi connectivity index (χ0v) is 28.6. The summed E-state index contributed by atoms with van der Waals surface area (Å²) in [5.41, 5.74) is 9.56. The molecule has 216 valence electrons. The zero-order chi connectivity index (χ0) is 29.9. The van der Waals surface area contributed by atoms with E-state index in [1.807, 2.05) is 0 Å². The summed E-state index contributed by atoms with van der Waals surface area (Å²) in [5.74, 6) is 2.59. The Hall–Kier alpha value is -1.57. The van der Waals surface area contributed by atoms with Crippen molar-refractivity contribution < 1.29 is 9.63 Å². The van der Waals surface area contributed by atoms with Gasteiger partial charge in [0.1, 0.15) is 11.5 Å². The van der Waals surface area contributed by atoms with E-state index in [4.69, 9.17) is 4.52 Å². The van der Waals surface area contributed by atoms with Gasteiger partial charge in [-0.1, -0.05) is 67.5 Å². The first-order valence-corrected chi connectivity index (χ1v) is 14.8. The Balaban J connectivity index is 0.000000686. The molecule has 0 aromatic heterocycles. The number of aromatic hydroxyl groups is 1. The molecule has 3 nitrogen and oxygen atoms in total. The van der Waals surface area contributed by atoms with Gasteiger partial charge >= 0.3 is 0 Å². The van der Waals surface area contributed by atoms with Crippen LogP contribution in [-0.4, -0.2) is 16.2 Å². The van der Waals surface area contributed by atoms with Crippen LogP contribution < -0.4 is 9.84 Å². The number of nitrogens with one attached hydrogen (secondary N) is 1. The van der Waals surface area contributed by atoms with Gasteiger partial charge in [-0.2, -0.15) is 0 Å². The van der Waals surface area contributed by atoms with Crippen molar-refractivity contribution in [3.63, 3.8) is 0 Å². The van der Waals surface area contributed by atoms with Crippen LogP contribution >= 0.6 is 9.47 Å². The summed E-state index contributed by atoms with van der Waals surface area (Å²) < 4.78 is 5.92. The molecule has 0 aliphatic carbocycles. The SMILES string of the molecule is CC(C)(C)NC(C)(C)C.Cc1c(C(C)C)cc(C(C)C)c(O)c1-c1c(C)c(C(C)C)cc(C(C)C)c1OP. The van der Waals surface area contributed by atoms with Gasteiger partial charge in [0.05, 0.1) is 9.47 Å². The van der Waals surface area contributed by atoms with Crippen molar-refractivity contribution in [2.75, 3.05) is 0 Å². The maximum atomic E-state index is 11.4. The molecule has 0 bridgehead atoms. The zero-order valence-electron chi connectivity index (χ0n) is 27.4. The molecule has 38 heavy (non-hydrogen) atoms. The predicted octanol–water partition coefficient (Wildman–Crippen LogP) is 10.5. The lowest BCUT2D eigenvalue weighted by Crippen LogP contribution is -2.48. The molecule has 2 aromatic rings. The minimum Gasteiger partial charge on any atom is -0.507 e. The Morgan fingerprint density at radius 2 is 0.974 bits per heavy atom. The first kappa shape index (κ1) is 34.5. The van der Waals surface area contributed by atoms with Gasteiger partial charge in [-0.25, -0.2) is 0 Å². The number of hydrogen-bond acceptors (Lipinski definition) is 3. The summed E-state index contributed by atoms with van der Waals surface area (Å²) in [4.78, 5) is 0. The lowest BCUT2D eigenvalue weighted by molar-refractivity contribution is 0.303. The van der Waals surface area contributed by atoms with E-state index in [1.165, 1.54) is 22.3 Å². The molecule has 0 aliphatic heterocycles. The second kappa shape index (κ2) is 13.2. The minimum atomic E-state index is 0.234. The number of phenols is 1. The highest BCUT2D eigenvalue weighted by molar-refractivity contribution is 7.10. The van der Waals surface area contributed by atoms with Crippen LogP contribution in [0.1, 0.15) is 154 Å². The van der Waals surface area contributed by atoms with E-state index in [1.54, 1.807) is 0 Å². The highest BCUT2D eigenvalue weighted by Gasteiger charge is 2.27. The first-order chi connectivity index (χ1) is 17.1. The van der Waals surface area contributed by atoms with Gasteiger partial charge in [-0.15, -0.1) is 0 Å². The third-order valence-corrected chi connectivity index (χ3v) is 7.08. The standard InChI is InChI=1S/C26H39O2P.C8H19N/c1-13(2)19-11-21(15(5)6)25(27)23(17(19)9)24-18(10)20(14(3)4)12-22(16(7)8)26(24)28-29;1-7(2,3)9-8(4,5)6/h11-16,27H,29H2,1-10H3;9H,1-6H3. The maximum Gasteiger partial charge on any atom is 0.134 e. The minimum absolute atomic E-state index is 0.234. The van der Waals surface area contributed by atoms with Crippen LogP contribution in [0.4, 0.5) is 0 Å². The molecule has 0 radical (unpaired) electrons. The monoisotopic (exact) mass is 543 g/mol. The average molecular weight is 544 g/mol. The highest BCUT2D eigenvalue weighted by atomic mass is 31.0. The van der Waals surface area contributed by atoms with Gasteiger partial charge in [-0.05, 0) is 112 Å². The van der Waals surface area contributed by atoms with Crippen LogP contribution in [0.3, 0.4) is 0 Å². The van der Waals surface area contributed by atoms with Crippen molar-refractivity contribution in [1.82, 2.24) is 5.32 Å².